The number of likely N-dealkylation sites (tertiary alicyclic amines) is 1. The van der Waals surface area contributed by atoms with Crippen molar-refractivity contribution in [2.45, 2.75) is 45.2 Å². The molecule has 3 rings (SSSR count). The zero-order valence-corrected chi connectivity index (χ0v) is 19.2. The molecule has 0 aromatic heterocycles. The minimum Gasteiger partial charge on any atom is -0.357 e. The Morgan fingerprint density at radius 2 is 1.83 bits per heavy atom. The molecule has 30 heavy (non-hydrogen) atoms. The van der Waals surface area contributed by atoms with Crippen LogP contribution in [-0.2, 0) is 6.54 Å². The van der Waals surface area contributed by atoms with Crippen LogP contribution in [0.25, 0.3) is 0 Å². The van der Waals surface area contributed by atoms with Crippen molar-refractivity contribution in [3.63, 3.8) is 0 Å². The van der Waals surface area contributed by atoms with Gasteiger partial charge in [-0.3, -0.25) is 9.89 Å². The number of benzene rings is 1. The maximum Gasteiger partial charge on any atom is 0.191 e. The maximum atomic E-state index is 4.92. The average Bonchev–Trinajstić information content (AvgIpc) is 3.20. The Hall–Kier alpha value is -1.63. The molecule has 1 aromatic carbocycles. The van der Waals surface area contributed by atoms with Gasteiger partial charge in [0.15, 0.2) is 5.96 Å². The average molecular weight is 415 g/mol. The summed E-state index contributed by atoms with van der Waals surface area (Å²) < 4.78 is 0. The summed E-state index contributed by atoms with van der Waals surface area (Å²) in [5, 5.41) is 6.97. The molecule has 0 spiro atoms. The quantitative estimate of drug-likeness (QED) is 0.349. The number of aliphatic imine (C=N–C) groups is 1. The molecule has 2 heterocycles. The Balaban J connectivity index is 1.37. The van der Waals surface area contributed by atoms with Crippen molar-refractivity contribution in [3.8, 4) is 0 Å². The molecule has 0 aliphatic carbocycles. The van der Waals surface area contributed by atoms with E-state index in [4.69, 9.17) is 4.99 Å². The molecule has 2 aliphatic rings. The molecule has 168 valence electrons. The van der Waals surface area contributed by atoms with Gasteiger partial charge in [0.05, 0.1) is 6.54 Å². The molecule has 0 radical (unpaired) electrons. The minimum atomic E-state index is 0.554. The summed E-state index contributed by atoms with van der Waals surface area (Å²) in [6.07, 6.45) is 4.98. The van der Waals surface area contributed by atoms with Gasteiger partial charge in [-0.2, -0.15) is 0 Å². The highest BCUT2D eigenvalue weighted by atomic mass is 15.2. The van der Waals surface area contributed by atoms with Crippen LogP contribution in [0.5, 0.6) is 0 Å². The number of piperazine rings is 1. The van der Waals surface area contributed by atoms with Crippen LogP contribution in [0.4, 0.5) is 0 Å². The summed E-state index contributed by atoms with van der Waals surface area (Å²) >= 11 is 0. The molecule has 1 atom stereocenters. The monoisotopic (exact) mass is 414 g/mol. The van der Waals surface area contributed by atoms with Crippen molar-refractivity contribution in [2.75, 3.05) is 66.0 Å². The molecule has 0 amide bonds. The zero-order valence-electron chi connectivity index (χ0n) is 19.2. The summed E-state index contributed by atoms with van der Waals surface area (Å²) in [7, 11) is 2.22. The molecule has 2 aliphatic heterocycles. The SMILES string of the molecule is CCNC(=NCC1CCCN1Cc1ccccc1)NCCCCN1CCN(C)CC1. The Bertz CT molecular complexity index is 611. The van der Waals surface area contributed by atoms with Gasteiger partial charge in [-0.05, 0) is 58.3 Å². The van der Waals surface area contributed by atoms with E-state index in [-0.39, 0.29) is 0 Å². The fourth-order valence-corrected chi connectivity index (χ4v) is 4.41. The molecule has 1 unspecified atom stereocenters. The first-order valence-corrected chi connectivity index (χ1v) is 12.0. The topological polar surface area (TPSA) is 46.1 Å². The first-order chi connectivity index (χ1) is 14.7. The van der Waals surface area contributed by atoms with Crippen LogP contribution in [-0.4, -0.2) is 92.7 Å². The number of rotatable bonds is 10. The zero-order chi connectivity index (χ0) is 21.0. The van der Waals surface area contributed by atoms with Gasteiger partial charge in [0.25, 0.3) is 0 Å². The Morgan fingerprint density at radius 3 is 2.60 bits per heavy atom. The van der Waals surface area contributed by atoms with Gasteiger partial charge in [0.1, 0.15) is 0 Å². The number of hydrogen-bond acceptors (Lipinski definition) is 4. The van der Waals surface area contributed by atoms with E-state index in [1.807, 2.05) is 0 Å². The van der Waals surface area contributed by atoms with E-state index in [0.29, 0.717) is 6.04 Å². The molecule has 2 saturated heterocycles. The van der Waals surface area contributed by atoms with E-state index in [1.165, 1.54) is 70.5 Å². The van der Waals surface area contributed by atoms with Crippen molar-refractivity contribution in [3.05, 3.63) is 35.9 Å². The van der Waals surface area contributed by atoms with Crippen molar-refractivity contribution >= 4 is 5.96 Å². The van der Waals surface area contributed by atoms with Crippen LogP contribution in [0.2, 0.25) is 0 Å². The smallest absolute Gasteiger partial charge is 0.191 e. The summed E-state index contributed by atoms with van der Waals surface area (Å²) in [5.41, 5.74) is 1.40. The van der Waals surface area contributed by atoms with Crippen LogP contribution in [0, 0.1) is 0 Å². The van der Waals surface area contributed by atoms with Gasteiger partial charge in [-0.25, -0.2) is 0 Å². The van der Waals surface area contributed by atoms with Gasteiger partial charge in [-0.1, -0.05) is 30.3 Å². The third kappa shape index (κ3) is 7.89. The molecular formula is C24H42N6. The fraction of sp³-hybridized carbons (Fsp3) is 0.708. The highest BCUT2D eigenvalue weighted by Gasteiger charge is 2.24. The molecule has 6 nitrogen and oxygen atoms in total. The second kappa shape index (κ2) is 12.9. The number of unbranched alkanes of at least 4 members (excludes halogenated alkanes) is 1. The maximum absolute atomic E-state index is 4.92. The largest absolute Gasteiger partial charge is 0.357 e. The molecule has 1 aromatic rings. The summed E-state index contributed by atoms with van der Waals surface area (Å²) in [6, 6.07) is 11.4. The van der Waals surface area contributed by atoms with Crippen molar-refractivity contribution in [2.24, 2.45) is 4.99 Å². The first kappa shape index (κ1) is 23.0. The summed E-state index contributed by atoms with van der Waals surface area (Å²) in [6.45, 7) is 13.2. The number of hydrogen-bond donors (Lipinski definition) is 2. The molecule has 2 N–H and O–H groups in total. The lowest BCUT2D eigenvalue weighted by Crippen LogP contribution is -2.44. The standard InChI is InChI=1S/C24H42N6/c1-3-25-24(26-13-7-8-14-29-18-16-28(2)17-19-29)27-20-23-12-9-15-30(23)21-22-10-5-4-6-11-22/h4-6,10-11,23H,3,7-9,12-21H2,1-2H3,(H2,25,26,27). The van der Waals surface area contributed by atoms with Crippen LogP contribution in [0.1, 0.15) is 38.2 Å². The molecule has 2 fully saturated rings. The van der Waals surface area contributed by atoms with Gasteiger partial charge < -0.3 is 20.4 Å². The van der Waals surface area contributed by atoms with Crippen LogP contribution in [0.15, 0.2) is 35.3 Å². The predicted molar refractivity (Wildman–Crippen MR) is 127 cm³/mol. The van der Waals surface area contributed by atoms with Crippen molar-refractivity contribution in [1.82, 2.24) is 25.3 Å². The van der Waals surface area contributed by atoms with Gasteiger partial charge in [0.2, 0.25) is 0 Å². The van der Waals surface area contributed by atoms with Gasteiger partial charge >= 0.3 is 0 Å². The molecule has 0 saturated carbocycles. The van der Waals surface area contributed by atoms with Crippen LogP contribution < -0.4 is 10.6 Å². The lowest BCUT2D eigenvalue weighted by molar-refractivity contribution is 0.152. The number of nitrogens with one attached hydrogen (secondary N) is 2. The van der Waals surface area contributed by atoms with E-state index in [0.717, 1.165) is 32.1 Å². The Kier molecular flexibility index (Phi) is 9.93. The molecular weight excluding hydrogens is 372 g/mol. The number of likely N-dealkylation sites (N-methyl/N-ethyl adjacent to an activating group) is 1. The second-order valence-corrected chi connectivity index (χ2v) is 8.75. The molecule has 6 heteroatoms. The Morgan fingerprint density at radius 1 is 1.03 bits per heavy atom. The van der Waals surface area contributed by atoms with Crippen molar-refractivity contribution in [1.29, 1.82) is 0 Å². The van der Waals surface area contributed by atoms with Crippen LogP contribution >= 0.6 is 0 Å². The lowest BCUT2D eigenvalue weighted by Gasteiger charge is -2.32. The number of nitrogens with zero attached hydrogens (tertiary/aromatic N) is 4. The highest BCUT2D eigenvalue weighted by Crippen LogP contribution is 2.20. The van der Waals surface area contributed by atoms with E-state index in [1.54, 1.807) is 0 Å². The lowest BCUT2D eigenvalue weighted by atomic mass is 10.2. The second-order valence-electron chi connectivity index (χ2n) is 8.75. The Labute approximate surface area is 183 Å². The minimum absolute atomic E-state index is 0.554. The third-order valence-electron chi connectivity index (χ3n) is 6.32. The first-order valence-electron chi connectivity index (χ1n) is 12.0. The molecule has 0 bridgehead atoms. The predicted octanol–water partition coefficient (Wildman–Crippen LogP) is 2.23. The fourth-order valence-electron chi connectivity index (χ4n) is 4.41. The van der Waals surface area contributed by atoms with E-state index >= 15 is 0 Å². The van der Waals surface area contributed by atoms with Crippen LogP contribution in [0.3, 0.4) is 0 Å². The number of guanidine groups is 1. The van der Waals surface area contributed by atoms with Crippen molar-refractivity contribution < 1.29 is 0 Å². The summed E-state index contributed by atoms with van der Waals surface area (Å²) in [5.74, 6) is 0.976. The summed E-state index contributed by atoms with van der Waals surface area (Å²) in [4.78, 5) is 12.5. The van der Waals surface area contributed by atoms with E-state index < -0.39 is 0 Å². The normalized spacial score (nSPS) is 21.8. The third-order valence-corrected chi connectivity index (χ3v) is 6.32. The highest BCUT2D eigenvalue weighted by molar-refractivity contribution is 5.79. The van der Waals surface area contributed by atoms with E-state index in [2.05, 4.69) is 69.6 Å². The van der Waals surface area contributed by atoms with Gasteiger partial charge in [0, 0.05) is 51.9 Å². The van der Waals surface area contributed by atoms with Gasteiger partial charge in [-0.15, -0.1) is 0 Å². The van der Waals surface area contributed by atoms with E-state index in [9.17, 15) is 0 Å².